The molecule has 5 heteroatoms. The Hall–Kier alpha value is -1.46. The lowest BCUT2D eigenvalue weighted by molar-refractivity contribution is -0.152. The van der Waals surface area contributed by atoms with Crippen molar-refractivity contribution in [2.24, 2.45) is 5.41 Å². The highest BCUT2D eigenvalue weighted by Crippen LogP contribution is 2.47. The molecule has 0 saturated carbocycles. The molecule has 1 aromatic rings. The number of benzene rings is 1. The van der Waals surface area contributed by atoms with Crippen LogP contribution in [0.25, 0.3) is 0 Å². The van der Waals surface area contributed by atoms with Crippen molar-refractivity contribution >= 4 is 5.97 Å². The molecule has 1 unspecified atom stereocenters. The van der Waals surface area contributed by atoms with E-state index in [1.165, 1.54) is 18.2 Å². The molecule has 0 aliphatic carbocycles. The van der Waals surface area contributed by atoms with Crippen LogP contribution < -0.4 is 4.74 Å². The van der Waals surface area contributed by atoms with Crippen LogP contribution in [0.1, 0.15) is 25.5 Å². The zero-order valence-corrected chi connectivity index (χ0v) is 11.7. The fraction of sp³-hybridized carbons (Fsp3) is 0.533. The zero-order chi connectivity index (χ0) is 14.3. The van der Waals surface area contributed by atoms with Gasteiger partial charge in [-0.25, -0.2) is 4.39 Å². The minimum absolute atomic E-state index is 0.182. The molecular weight excluding hydrogens is 261 g/mol. The number of esters is 1. The second-order valence-electron chi connectivity index (χ2n) is 5.84. The summed E-state index contributed by atoms with van der Waals surface area (Å²) in [5.41, 5.74) is 0.0366. The van der Waals surface area contributed by atoms with Gasteiger partial charge in [0.25, 0.3) is 0 Å². The van der Waals surface area contributed by atoms with Crippen molar-refractivity contribution in [2.45, 2.75) is 19.9 Å². The van der Waals surface area contributed by atoms with Crippen molar-refractivity contribution in [1.29, 1.82) is 0 Å². The highest BCUT2D eigenvalue weighted by molar-refractivity contribution is 5.82. The van der Waals surface area contributed by atoms with Crippen LogP contribution in [0.5, 0.6) is 5.75 Å². The standard InChI is InChI=1S/C15H18FNO3/c1-15(2)13(17-5-7-19-8-6-17)11-9-10(16)3-4-12(11)20-14(15)18/h3-4,9,13H,5-8H2,1-2H3. The summed E-state index contributed by atoms with van der Waals surface area (Å²) in [5.74, 6) is -0.115. The highest BCUT2D eigenvalue weighted by atomic mass is 19.1. The Kier molecular flexibility index (Phi) is 3.26. The van der Waals surface area contributed by atoms with E-state index < -0.39 is 5.41 Å². The van der Waals surface area contributed by atoms with E-state index in [4.69, 9.17) is 9.47 Å². The van der Waals surface area contributed by atoms with Crippen LogP contribution in [0.3, 0.4) is 0 Å². The molecule has 4 nitrogen and oxygen atoms in total. The first-order valence-electron chi connectivity index (χ1n) is 6.83. The van der Waals surface area contributed by atoms with Crippen LogP contribution >= 0.6 is 0 Å². The van der Waals surface area contributed by atoms with Gasteiger partial charge in [0.15, 0.2) is 0 Å². The van der Waals surface area contributed by atoms with Gasteiger partial charge in [0.1, 0.15) is 11.6 Å². The Balaban J connectivity index is 2.07. The van der Waals surface area contributed by atoms with Gasteiger partial charge in [-0.1, -0.05) is 0 Å². The van der Waals surface area contributed by atoms with E-state index in [1.807, 2.05) is 13.8 Å². The third-order valence-electron chi connectivity index (χ3n) is 4.09. The number of carbonyl (C=O) groups excluding carboxylic acids is 1. The lowest BCUT2D eigenvalue weighted by Crippen LogP contribution is -2.50. The molecule has 0 N–H and O–H groups in total. The fourth-order valence-corrected chi connectivity index (χ4v) is 3.05. The molecule has 2 aliphatic rings. The van der Waals surface area contributed by atoms with Gasteiger partial charge in [-0.3, -0.25) is 9.69 Å². The third-order valence-corrected chi connectivity index (χ3v) is 4.09. The van der Waals surface area contributed by atoms with Crippen molar-refractivity contribution in [3.63, 3.8) is 0 Å². The van der Waals surface area contributed by atoms with Crippen LogP contribution in [-0.4, -0.2) is 37.2 Å². The average molecular weight is 279 g/mol. The first kappa shape index (κ1) is 13.5. The number of rotatable bonds is 1. The summed E-state index contributed by atoms with van der Waals surface area (Å²) in [5, 5.41) is 0. The van der Waals surface area contributed by atoms with Gasteiger partial charge in [-0.05, 0) is 32.0 Å². The molecule has 1 saturated heterocycles. The van der Waals surface area contributed by atoms with Crippen molar-refractivity contribution in [3.05, 3.63) is 29.6 Å². The van der Waals surface area contributed by atoms with Gasteiger partial charge in [-0.2, -0.15) is 0 Å². The summed E-state index contributed by atoms with van der Waals surface area (Å²) < 4.78 is 24.3. The number of hydrogen-bond donors (Lipinski definition) is 0. The van der Waals surface area contributed by atoms with Crippen LogP contribution in [0.4, 0.5) is 4.39 Å². The number of hydrogen-bond acceptors (Lipinski definition) is 4. The normalized spacial score (nSPS) is 25.9. The Morgan fingerprint density at radius 3 is 2.70 bits per heavy atom. The van der Waals surface area contributed by atoms with E-state index in [2.05, 4.69) is 4.90 Å². The predicted octanol–water partition coefficient (Wildman–Crippen LogP) is 2.14. The first-order chi connectivity index (χ1) is 9.50. The van der Waals surface area contributed by atoms with Crippen LogP contribution in [0.2, 0.25) is 0 Å². The first-order valence-corrected chi connectivity index (χ1v) is 6.83. The molecule has 0 bridgehead atoms. The molecule has 20 heavy (non-hydrogen) atoms. The number of nitrogens with zero attached hydrogens (tertiary/aromatic N) is 1. The summed E-state index contributed by atoms with van der Waals surface area (Å²) >= 11 is 0. The third kappa shape index (κ3) is 2.11. The zero-order valence-electron chi connectivity index (χ0n) is 11.7. The second kappa shape index (κ2) is 4.82. The summed E-state index contributed by atoms with van der Waals surface area (Å²) in [6.07, 6.45) is 0. The molecule has 0 aromatic heterocycles. The molecule has 0 radical (unpaired) electrons. The Labute approximate surface area is 117 Å². The van der Waals surface area contributed by atoms with Crippen LogP contribution in [-0.2, 0) is 9.53 Å². The van der Waals surface area contributed by atoms with Gasteiger partial charge in [-0.15, -0.1) is 0 Å². The Morgan fingerprint density at radius 2 is 2.00 bits per heavy atom. The summed E-state index contributed by atoms with van der Waals surface area (Å²) in [6.45, 7) is 6.43. The fourth-order valence-electron chi connectivity index (χ4n) is 3.05. The number of halogens is 1. The van der Waals surface area contributed by atoms with Gasteiger partial charge in [0, 0.05) is 18.7 Å². The van der Waals surface area contributed by atoms with Crippen molar-refractivity contribution in [1.82, 2.24) is 4.90 Å². The second-order valence-corrected chi connectivity index (χ2v) is 5.84. The maximum absolute atomic E-state index is 13.6. The Morgan fingerprint density at radius 1 is 1.30 bits per heavy atom. The predicted molar refractivity (Wildman–Crippen MR) is 70.9 cm³/mol. The molecule has 2 heterocycles. The quantitative estimate of drug-likeness (QED) is 0.583. The number of ether oxygens (including phenoxy) is 2. The minimum atomic E-state index is -0.710. The maximum atomic E-state index is 13.6. The molecule has 0 spiro atoms. The Bertz CT molecular complexity index is 538. The monoisotopic (exact) mass is 279 g/mol. The van der Waals surface area contributed by atoms with Gasteiger partial charge in [0.05, 0.1) is 24.7 Å². The molecule has 1 atom stereocenters. The van der Waals surface area contributed by atoms with Crippen molar-refractivity contribution in [3.8, 4) is 5.75 Å². The number of morpholine rings is 1. The van der Waals surface area contributed by atoms with E-state index in [1.54, 1.807) is 0 Å². The van der Waals surface area contributed by atoms with Crippen LogP contribution in [0, 0.1) is 11.2 Å². The number of carbonyl (C=O) groups is 1. The van der Waals surface area contributed by atoms with E-state index in [0.29, 0.717) is 19.0 Å². The van der Waals surface area contributed by atoms with Crippen LogP contribution in [0.15, 0.2) is 18.2 Å². The molecule has 2 aliphatic heterocycles. The number of fused-ring (bicyclic) bond motifs is 1. The summed E-state index contributed by atoms with van der Waals surface area (Å²) in [4.78, 5) is 14.4. The van der Waals surface area contributed by atoms with E-state index in [9.17, 15) is 9.18 Å². The van der Waals surface area contributed by atoms with Gasteiger partial charge < -0.3 is 9.47 Å². The summed E-state index contributed by atoms with van der Waals surface area (Å²) in [7, 11) is 0. The van der Waals surface area contributed by atoms with Crippen molar-refractivity contribution in [2.75, 3.05) is 26.3 Å². The molecule has 3 rings (SSSR count). The van der Waals surface area contributed by atoms with E-state index in [0.717, 1.165) is 18.7 Å². The van der Waals surface area contributed by atoms with E-state index in [-0.39, 0.29) is 17.8 Å². The lowest BCUT2D eigenvalue weighted by atomic mass is 9.77. The maximum Gasteiger partial charge on any atom is 0.318 e. The lowest BCUT2D eigenvalue weighted by Gasteiger charge is -2.45. The average Bonchev–Trinajstić information content (AvgIpc) is 2.41. The van der Waals surface area contributed by atoms with Gasteiger partial charge in [0.2, 0.25) is 0 Å². The molecule has 1 aromatic carbocycles. The highest BCUT2D eigenvalue weighted by Gasteiger charge is 2.47. The molecule has 1 fully saturated rings. The van der Waals surface area contributed by atoms with E-state index >= 15 is 0 Å². The topological polar surface area (TPSA) is 38.8 Å². The molecule has 108 valence electrons. The largest absolute Gasteiger partial charge is 0.426 e. The SMILES string of the molecule is CC1(C)C(=O)Oc2ccc(F)cc2C1N1CCOCC1. The molecule has 0 amide bonds. The summed E-state index contributed by atoms with van der Waals surface area (Å²) in [6, 6.07) is 4.15. The molecular formula is C15H18FNO3. The smallest absolute Gasteiger partial charge is 0.318 e. The van der Waals surface area contributed by atoms with Crippen molar-refractivity contribution < 1.29 is 18.7 Å². The van der Waals surface area contributed by atoms with Gasteiger partial charge >= 0.3 is 5.97 Å². The minimum Gasteiger partial charge on any atom is -0.426 e.